The SMILES string of the molecule is C/C=C(\C=C/CC(=O)NCC=O)C(C)(C)C. The lowest BCUT2D eigenvalue weighted by Gasteiger charge is -2.19. The van der Waals surface area contributed by atoms with Gasteiger partial charge in [0.05, 0.1) is 6.54 Å². The Morgan fingerprint density at radius 2 is 1.94 bits per heavy atom. The second-order valence-corrected chi connectivity index (χ2v) is 4.57. The van der Waals surface area contributed by atoms with E-state index in [2.05, 4.69) is 26.1 Å². The van der Waals surface area contributed by atoms with E-state index in [0.29, 0.717) is 12.7 Å². The van der Waals surface area contributed by atoms with Crippen LogP contribution in [0.2, 0.25) is 0 Å². The van der Waals surface area contributed by atoms with E-state index in [4.69, 9.17) is 0 Å². The zero-order chi connectivity index (χ0) is 12.6. The predicted molar refractivity (Wildman–Crippen MR) is 66.0 cm³/mol. The van der Waals surface area contributed by atoms with Gasteiger partial charge in [-0.3, -0.25) is 4.79 Å². The van der Waals surface area contributed by atoms with Gasteiger partial charge in [-0.1, -0.05) is 39.0 Å². The van der Waals surface area contributed by atoms with Crippen molar-refractivity contribution in [2.24, 2.45) is 5.41 Å². The average molecular weight is 223 g/mol. The molecule has 0 saturated carbocycles. The molecule has 0 aliphatic carbocycles. The molecule has 0 aromatic heterocycles. The fourth-order valence-electron chi connectivity index (χ4n) is 1.30. The molecule has 0 bridgehead atoms. The average Bonchev–Trinajstić information content (AvgIpc) is 2.19. The Kier molecular flexibility index (Phi) is 6.38. The zero-order valence-corrected chi connectivity index (χ0v) is 10.5. The van der Waals surface area contributed by atoms with E-state index >= 15 is 0 Å². The van der Waals surface area contributed by atoms with E-state index in [9.17, 15) is 9.59 Å². The molecule has 0 fully saturated rings. The van der Waals surface area contributed by atoms with Crippen LogP contribution in [0.4, 0.5) is 0 Å². The first kappa shape index (κ1) is 14.6. The summed E-state index contributed by atoms with van der Waals surface area (Å²) < 4.78 is 0. The van der Waals surface area contributed by atoms with Crippen molar-refractivity contribution in [2.45, 2.75) is 34.1 Å². The minimum absolute atomic E-state index is 0.0857. The van der Waals surface area contributed by atoms with Gasteiger partial charge >= 0.3 is 0 Å². The van der Waals surface area contributed by atoms with Crippen LogP contribution in [0.25, 0.3) is 0 Å². The van der Waals surface area contributed by atoms with Crippen molar-refractivity contribution < 1.29 is 9.59 Å². The number of nitrogens with one attached hydrogen (secondary N) is 1. The molecule has 1 amide bonds. The maximum atomic E-state index is 11.2. The molecule has 16 heavy (non-hydrogen) atoms. The largest absolute Gasteiger partial charge is 0.349 e. The number of amides is 1. The van der Waals surface area contributed by atoms with Crippen LogP contribution in [0.3, 0.4) is 0 Å². The number of aldehydes is 1. The van der Waals surface area contributed by atoms with Gasteiger partial charge in [-0.2, -0.15) is 0 Å². The van der Waals surface area contributed by atoms with Crippen molar-refractivity contribution in [1.82, 2.24) is 5.32 Å². The lowest BCUT2D eigenvalue weighted by atomic mass is 9.86. The molecule has 1 N–H and O–H groups in total. The number of rotatable bonds is 5. The Bertz CT molecular complexity index is 296. The summed E-state index contributed by atoms with van der Waals surface area (Å²) in [7, 11) is 0. The third-order valence-electron chi connectivity index (χ3n) is 2.16. The molecular weight excluding hydrogens is 202 g/mol. The molecular formula is C13H21NO2. The maximum absolute atomic E-state index is 11.2. The molecule has 0 rings (SSSR count). The normalized spacial score (nSPS) is 12.9. The van der Waals surface area contributed by atoms with E-state index in [0.717, 1.165) is 0 Å². The third-order valence-corrected chi connectivity index (χ3v) is 2.16. The smallest absolute Gasteiger partial charge is 0.224 e. The van der Waals surface area contributed by atoms with Gasteiger partial charge in [0.2, 0.25) is 5.91 Å². The summed E-state index contributed by atoms with van der Waals surface area (Å²) in [6, 6.07) is 0. The molecule has 0 saturated heterocycles. The Balaban J connectivity index is 4.19. The lowest BCUT2D eigenvalue weighted by Crippen LogP contribution is -2.24. The number of carbonyl (C=O) groups is 2. The molecule has 0 aromatic rings. The minimum atomic E-state index is -0.132. The van der Waals surface area contributed by atoms with Crippen molar-refractivity contribution in [3.63, 3.8) is 0 Å². The van der Waals surface area contributed by atoms with Crippen molar-refractivity contribution in [2.75, 3.05) is 6.54 Å². The number of hydrogen-bond acceptors (Lipinski definition) is 2. The molecule has 0 unspecified atom stereocenters. The maximum Gasteiger partial charge on any atom is 0.224 e. The van der Waals surface area contributed by atoms with Crippen LogP contribution >= 0.6 is 0 Å². The molecule has 3 nitrogen and oxygen atoms in total. The molecule has 0 aromatic carbocycles. The van der Waals surface area contributed by atoms with Gasteiger partial charge in [-0.25, -0.2) is 0 Å². The fourth-order valence-corrected chi connectivity index (χ4v) is 1.30. The quantitative estimate of drug-likeness (QED) is 0.574. The molecule has 0 atom stereocenters. The second-order valence-electron chi connectivity index (χ2n) is 4.57. The summed E-state index contributed by atoms with van der Waals surface area (Å²) in [5.41, 5.74) is 1.28. The van der Waals surface area contributed by atoms with Crippen LogP contribution in [-0.2, 0) is 9.59 Å². The predicted octanol–water partition coefficient (Wildman–Crippen LogP) is 2.24. The highest BCUT2D eigenvalue weighted by atomic mass is 16.2. The van der Waals surface area contributed by atoms with Crippen molar-refractivity contribution in [3.05, 3.63) is 23.8 Å². The summed E-state index contributed by atoms with van der Waals surface area (Å²) in [5.74, 6) is -0.132. The highest BCUT2D eigenvalue weighted by molar-refractivity contribution is 5.79. The van der Waals surface area contributed by atoms with E-state index in [-0.39, 0.29) is 17.9 Å². The van der Waals surface area contributed by atoms with Gasteiger partial charge in [0, 0.05) is 6.42 Å². The second kappa shape index (κ2) is 6.99. The van der Waals surface area contributed by atoms with Crippen molar-refractivity contribution in [3.8, 4) is 0 Å². The monoisotopic (exact) mass is 223 g/mol. The van der Waals surface area contributed by atoms with Gasteiger partial charge in [-0.05, 0) is 17.9 Å². The first-order chi connectivity index (χ1) is 7.41. The highest BCUT2D eigenvalue weighted by Gasteiger charge is 2.12. The molecule has 0 aliphatic heterocycles. The summed E-state index contributed by atoms with van der Waals surface area (Å²) >= 11 is 0. The Morgan fingerprint density at radius 3 is 2.38 bits per heavy atom. The topological polar surface area (TPSA) is 46.2 Å². The zero-order valence-electron chi connectivity index (χ0n) is 10.5. The van der Waals surface area contributed by atoms with Crippen LogP contribution < -0.4 is 5.32 Å². The van der Waals surface area contributed by atoms with Gasteiger partial charge in [0.1, 0.15) is 6.29 Å². The third kappa shape index (κ3) is 6.17. The minimum Gasteiger partial charge on any atom is -0.349 e. The Morgan fingerprint density at radius 1 is 1.31 bits per heavy atom. The van der Waals surface area contributed by atoms with Crippen LogP contribution in [-0.4, -0.2) is 18.7 Å². The summed E-state index contributed by atoms with van der Waals surface area (Å²) in [4.78, 5) is 21.2. The fraction of sp³-hybridized carbons (Fsp3) is 0.538. The summed E-state index contributed by atoms with van der Waals surface area (Å²) in [6.45, 7) is 8.44. The number of hydrogen-bond donors (Lipinski definition) is 1. The first-order valence-electron chi connectivity index (χ1n) is 5.45. The Hall–Kier alpha value is -1.38. The van der Waals surface area contributed by atoms with Crippen molar-refractivity contribution >= 4 is 12.2 Å². The molecule has 90 valence electrons. The summed E-state index contributed by atoms with van der Waals surface area (Å²) in [5, 5.41) is 2.49. The molecule has 0 aliphatic rings. The molecule has 0 radical (unpaired) electrons. The highest BCUT2D eigenvalue weighted by Crippen LogP contribution is 2.25. The van der Waals surface area contributed by atoms with Crippen LogP contribution in [0.5, 0.6) is 0 Å². The molecule has 3 heteroatoms. The number of allylic oxidation sites excluding steroid dienone is 3. The van der Waals surface area contributed by atoms with Gasteiger partial charge in [0.25, 0.3) is 0 Å². The van der Waals surface area contributed by atoms with Crippen molar-refractivity contribution in [1.29, 1.82) is 0 Å². The van der Waals surface area contributed by atoms with E-state index in [1.165, 1.54) is 5.57 Å². The standard InChI is InChI=1S/C13H21NO2/c1-5-11(13(2,3)4)7-6-8-12(16)14-9-10-15/h5-7,10H,8-9H2,1-4H3,(H,14,16)/b7-6-,11-5+. The van der Waals surface area contributed by atoms with Gasteiger partial charge < -0.3 is 10.1 Å². The van der Waals surface area contributed by atoms with E-state index in [1.54, 1.807) is 0 Å². The molecule has 0 spiro atoms. The van der Waals surface area contributed by atoms with Crippen LogP contribution in [0.15, 0.2) is 23.8 Å². The first-order valence-corrected chi connectivity index (χ1v) is 5.45. The summed E-state index contributed by atoms with van der Waals surface area (Å²) in [6.07, 6.45) is 6.80. The lowest BCUT2D eigenvalue weighted by molar-refractivity contribution is -0.121. The Labute approximate surface area is 97.6 Å². The van der Waals surface area contributed by atoms with E-state index in [1.807, 2.05) is 25.2 Å². The number of carbonyl (C=O) groups excluding carboxylic acids is 2. The van der Waals surface area contributed by atoms with Crippen LogP contribution in [0.1, 0.15) is 34.1 Å². The van der Waals surface area contributed by atoms with Gasteiger partial charge in [0.15, 0.2) is 0 Å². The van der Waals surface area contributed by atoms with Gasteiger partial charge in [-0.15, -0.1) is 0 Å². The van der Waals surface area contributed by atoms with E-state index < -0.39 is 0 Å². The molecule has 0 heterocycles. The van der Waals surface area contributed by atoms with Crippen LogP contribution in [0, 0.1) is 5.41 Å².